The first kappa shape index (κ1) is 89.2. The van der Waals surface area contributed by atoms with Gasteiger partial charge in [0.05, 0.1) is 59.0 Å². The Morgan fingerprint density at radius 3 is 1.14 bits per heavy atom. The van der Waals surface area contributed by atoms with Gasteiger partial charge in [-0.25, -0.2) is 0 Å². The molecule has 4 amide bonds. The zero-order chi connectivity index (χ0) is 80.2. The molecule has 9 rings (SSSR count). The van der Waals surface area contributed by atoms with Crippen molar-refractivity contribution < 1.29 is 217 Å². The maximum absolute atomic E-state index is 13.3. The van der Waals surface area contributed by atoms with Crippen LogP contribution in [0.25, 0.3) is 0 Å². The Bertz CT molecular complexity index is 2900. The summed E-state index contributed by atoms with van der Waals surface area (Å²) in [4.78, 5) is 50.9. The van der Waals surface area contributed by atoms with Crippen molar-refractivity contribution in [2.24, 2.45) is 0 Å². The summed E-state index contributed by atoms with van der Waals surface area (Å²) < 4.78 is 102. The van der Waals surface area contributed by atoms with Crippen molar-refractivity contribution in [3.63, 3.8) is 0 Å². The van der Waals surface area contributed by atoms with E-state index in [9.17, 15) is 137 Å². The molecule has 0 aromatic rings. The molecule has 27 N–H and O–H groups in total. The van der Waals surface area contributed by atoms with Gasteiger partial charge in [-0.05, 0) is 6.92 Å². The number of carbonyl (C=O) groups excluding carboxylic acids is 4. The van der Waals surface area contributed by atoms with Crippen LogP contribution in [0.5, 0.6) is 0 Å². The molecular weight excluding hydrogens is 1490 g/mol. The molecule has 0 aromatic carbocycles. The Balaban J connectivity index is 1.13. The quantitative estimate of drug-likeness (QED) is 0.0363. The Labute approximate surface area is 618 Å². The number of carbonyl (C=O) groups is 4. The van der Waals surface area contributed by atoms with E-state index < -0.39 is 346 Å². The number of aliphatic hydroxyl groups is 23. The summed E-state index contributed by atoms with van der Waals surface area (Å²) in [6, 6.07) is -7.37. The van der Waals surface area contributed by atoms with Gasteiger partial charge in [0, 0.05) is 27.7 Å². The van der Waals surface area contributed by atoms with E-state index in [4.69, 9.17) is 80.5 Å². The number of hydrogen-bond acceptors (Lipinski definition) is 44. The van der Waals surface area contributed by atoms with Gasteiger partial charge in [0.25, 0.3) is 0 Å². The molecule has 44 atom stereocenters. The van der Waals surface area contributed by atoms with Gasteiger partial charge in [-0.1, -0.05) is 0 Å². The molecule has 109 heavy (non-hydrogen) atoms. The predicted octanol–water partition coefficient (Wildman–Crippen LogP) is -18.4. The monoisotopic (exact) mass is 1590 g/mol. The molecule has 630 valence electrons. The van der Waals surface area contributed by atoms with Crippen LogP contribution in [0.4, 0.5) is 0 Å². The SMILES string of the molecule is CC(=O)N[C@H]1[C@H](O[C@H]2[C@H](O)[C@@H](NC(C)=O)C(O)O[C@@H]2CO[C@@H]2O[C@@H](C)[C@@H](O)[C@@H](O)[C@@H]2O)O[C@H](CO)[C@@H](O[C@@H]2O[C@H](CO[C@H]3O[C@H](CO)[C@@H](O)[C@H](O)[C@@H]3O[C@@H]3O[C@H](CO)[C@@H](O)[C@H](O)[C@H]3NC(C)=O)[C@@H](O)[C@H](O[C@H]3O[C@H](CO)[C@@H](O)[C@H](O)[C@@H]3O[C@@H]3O[C@H](CO)[C@@H](O)[C@H](O)[C@H]3NC(C)=O)[C@@H]2O[C@@H]2OC[C@@H](O)[C@H](O)[C@H]2O)[C@@H]1O. The lowest BCUT2D eigenvalue weighted by Gasteiger charge is -2.52. The average molecular weight is 1600 g/mol. The summed E-state index contributed by atoms with van der Waals surface area (Å²) in [5.41, 5.74) is 0. The Morgan fingerprint density at radius 1 is 0.294 bits per heavy atom. The third-order valence-corrected chi connectivity index (χ3v) is 19.9. The third kappa shape index (κ3) is 20.0. The van der Waals surface area contributed by atoms with E-state index in [1.54, 1.807) is 0 Å². The summed E-state index contributed by atoms with van der Waals surface area (Å²) in [6.07, 6.45) is -82.6. The molecule has 0 saturated carbocycles. The molecule has 48 nitrogen and oxygen atoms in total. The molecule has 9 saturated heterocycles. The van der Waals surface area contributed by atoms with E-state index >= 15 is 0 Å². The van der Waals surface area contributed by atoms with Crippen molar-refractivity contribution in [3.05, 3.63) is 0 Å². The van der Waals surface area contributed by atoms with Crippen LogP contribution in [-0.2, 0) is 99.7 Å². The molecule has 0 radical (unpaired) electrons. The number of hydrogen-bond donors (Lipinski definition) is 27. The maximum atomic E-state index is 13.3. The third-order valence-electron chi connectivity index (χ3n) is 19.9. The summed E-state index contributed by atoms with van der Waals surface area (Å²) in [5.74, 6) is -3.57. The molecule has 1 unspecified atom stereocenters. The number of aliphatic hydroxyl groups excluding tert-OH is 23. The molecule has 0 aliphatic carbocycles. The van der Waals surface area contributed by atoms with Crippen LogP contribution >= 0.6 is 0 Å². The minimum absolute atomic E-state index is 0.838. The number of amides is 4. The molecule has 9 heterocycles. The molecule has 0 aromatic heterocycles. The van der Waals surface area contributed by atoms with Crippen LogP contribution < -0.4 is 21.3 Å². The highest BCUT2D eigenvalue weighted by atomic mass is 16.8. The lowest BCUT2D eigenvalue weighted by Crippen LogP contribution is -2.71. The Hall–Kier alpha value is -3.72. The molecule has 0 bridgehead atoms. The topological polar surface area (TPSA) is 739 Å². The van der Waals surface area contributed by atoms with Gasteiger partial charge in [-0.15, -0.1) is 0 Å². The number of ether oxygens (including phenoxy) is 17. The molecular formula is C61H102N4O44. The van der Waals surface area contributed by atoms with Gasteiger partial charge in [0.2, 0.25) is 23.6 Å². The van der Waals surface area contributed by atoms with Crippen molar-refractivity contribution >= 4 is 23.6 Å². The van der Waals surface area contributed by atoms with E-state index in [1.807, 2.05) is 0 Å². The first-order valence-corrected chi connectivity index (χ1v) is 34.9. The average Bonchev–Trinajstić information content (AvgIpc) is 0.778. The summed E-state index contributed by atoms with van der Waals surface area (Å²) >= 11 is 0. The minimum Gasteiger partial charge on any atom is -0.394 e. The van der Waals surface area contributed by atoms with E-state index in [1.165, 1.54) is 6.92 Å². The largest absolute Gasteiger partial charge is 0.394 e. The number of nitrogens with one attached hydrogen (secondary N) is 4. The number of rotatable bonds is 27. The standard InChI is InChI=1S/C61H102N4O44/c1-14-31(76)42(87)46(91)57(96-14)94-13-26-48(40(85)27(53(92)97-26)62-15(2)71)104-56-30(65-18(5)74)41(86)47(24(10-70)102-56)105-61-52(109-58-45(90)32(77)19(75)11-93-58)49(106-60-51(44(89)36(81)23(9-69)101-60)108-55-29(64-17(4)73)39(84)34(79)21(7-67)99-55)37(82)25(103-61)12-95-59-50(43(88)35(80)22(8-68)100-59)107-54-28(63-16(3)72)38(83)33(78)20(6-66)98-54/h14,19-61,66-70,75-92H,6-13H2,1-5H3,(H,62,71)(H,63,72)(H,64,73)(H,65,74)/t14-,19+,20+,21+,22+,23+,24+,25+,26+,27+,28+,29+,30+,31+,32-,33+,34+,35+,36+,37+,38+,39+,40+,41+,42+,43-,44-,45+,46-,47+,48+,49-,50-,51-,52-,53?,54-,55-,56-,57+,58-,59-,60+,61-/m0/s1. The van der Waals surface area contributed by atoms with Crippen LogP contribution in [0.2, 0.25) is 0 Å². The van der Waals surface area contributed by atoms with Gasteiger partial charge in [0.1, 0.15) is 207 Å². The highest BCUT2D eigenvalue weighted by molar-refractivity contribution is 5.74. The summed E-state index contributed by atoms with van der Waals surface area (Å²) in [5, 5.41) is 266. The Morgan fingerprint density at radius 2 is 0.642 bits per heavy atom. The van der Waals surface area contributed by atoms with Crippen LogP contribution in [0.3, 0.4) is 0 Å². The van der Waals surface area contributed by atoms with Crippen molar-refractivity contribution in [2.45, 2.75) is 305 Å². The summed E-state index contributed by atoms with van der Waals surface area (Å²) in [6.45, 7) is -3.27. The normalized spacial score (nSPS) is 49.2. The second-order valence-electron chi connectivity index (χ2n) is 27.7. The maximum Gasteiger partial charge on any atom is 0.217 e. The second kappa shape index (κ2) is 38.8. The highest BCUT2D eigenvalue weighted by Crippen LogP contribution is 2.40. The molecule has 0 spiro atoms. The molecule has 9 fully saturated rings. The van der Waals surface area contributed by atoms with Crippen LogP contribution in [0, 0.1) is 0 Å². The zero-order valence-electron chi connectivity index (χ0n) is 58.9. The van der Waals surface area contributed by atoms with Crippen molar-refractivity contribution in [1.29, 1.82) is 0 Å². The predicted molar refractivity (Wildman–Crippen MR) is 336 cm³/mol. The van der Waals surface area contributed by atoms with E-state index in [2.05, 4.69) is 21.3 Å². The van der Waals surface area contributed by atoms with Crippen molar-refractivity contribution in [3.8, 4) is 0 Å². The first-order chi connectivity index (χ1) is 51.5. The fourth-order valence-corrected chi connectivity index (χ4v) is 14.0. The van der Waals surface area contributed by atoms with Gasteiger partial charge in [-0.2, -0.15) is 0 Å². The smallest absolute Gasteiger partial charge is 0.217 e. The van der Waals surface area contributed by atoms with E-state index in [0.717, 1.165) is 27.7 Å². The minimum atomic E-state index is -2.52. The lowest BCUT2D eigenvalue weighted by atomic mass is 9.93. The highest BCUT2D eigenvalue weighted by Gasteiger charge is 2.61. The fourth-order valence-electron chi connectivity index (χ4n) is 14.0. The van der Waals surface area contributed by atoms with Gasteiger partial charge in [0.15, 0.2) is 56.6 Å². The van der Waals surface area contributed by atoms with Crippen molar-refractivity contribution in [1.82, 2.24) is 21.3 Å². The fraction of sp³-hybridized carbons (Fsp3) is 0.934. The second-order valence-corrected chi connectivity index (χ2v) is 27.7. The van der Waals surface area contributed by atoms with Crippen LogP contribution in [-0.4, -0.2) is 464 Å². The van der Waals surface area contributed by atoms with Gasteiger partial charge < -0.3 is 219 Å². The zero-order valence-corrected chi connectivity index (χ0v) is 58.9. The molecule has 9 aliphatic heterocycles. The lowest BCUT2D eigenvalue weighted by molar-refractivity contribution is -0.411. The van der Waals surface area contributed by atoms with Crippen LogP contribution in [0.1, 0.15) is 34.6 Å². The summed E-state index contributed by atoms with van der Waals surface area (Å²) in [7, 11) is 0. The van der Waals surface area contributed by atoms with E-state index in [0.29, 0.717) is 0 Å². The van der Waals surface area contributed by atoms with Crippen molar-refractivity contribution in [2.75, 3.05) is 52.9 Å². The first-order valence-electron chi connectivity index (χ1n) is 34.9. The van der Waals surface area contributed by atoms with Gasteiger partial charge >= 0.3 is 0 Å². The molecule has 48 heteroatoms. The molecule has 9 aliphatic rings. The van der Waals surface area contributed by atoms with E-state index in [-0.39, 0.29) is 0 Å². The Kier molecular flexibility index (Phi) is 31.8. The van der Waals surface area contributed by atoms with Crippen LogP contribution in [0.15, 0.2) is 0 Å². The van der Waals surface area contributed by atoms with Gasteiger partial charge in [-0.3, -0.25) is 19.2 Å².